The number of rotatable bonds is 4. The Morgan fingerprint density at radius 2 is 2.00 bits per heavy atom. The van der Waals surface area contributed by atoms with Crippen LogP contribution in [0.5, 0.6) is 0 Å². The highest BCUT2D eigenvalue weighted by Gasteiger charge is 2.20. The van der Waals surface area contributed by atoms with Crippen molar-refractivity contribution in [2.24, 2.45) is 5.92 Å². The zero-order chi connectivity index (χ0) is 20.5. The van der Waals surface area contributed by atoms with Crippen LogP contribution in [0.2, 0.25) is 0 Å². The van der Waals surface area contributed by atoms with E-state index in [1.807, 2.05) is 24.5 Å². The van der Waals surface area contributed by atoms with E-state index >= 15 is 0 Å². The summed E-state index contributed by atoms with van der Waals surface area (Å²) in [5, 5.41) is 0. The minimum Gasteiger partial charge on any atom is -0.309 e. The summed E-state index contributed by atoms with van der Waals surface area (Å²) in [6, 6.07) is 16.5. The van der Waals surface area contributed by atoms with E-state index in [0.717, 1.165) is 53.1 Å². The van der Waals surface area contributed by atoms with E-state index in [1.165, 1.54) is 12.8 Å². The summed E-state index contributed by atoms with van der Waals surface area (Å²) < 4.78 is 2.09. The molecule has 0 bridgehead atoms. The number of nitrogens with zero attached hydrogens (tertiary/aromatic N) is 4. The molecule has 6 nitrogen and oxygen atoms in total. The molecule has 0 radical (unpaired) electrons. The molecule has 1 N–H and O–H groups in total. The fourth-order valence-electron chi connectivity index (χ4n) is 4.54. The van der Waals surface area contributed by atoms with Gasteiger partial charge in [0, 0.05) is 29.7 Å². The van der Waals surface area contributed by atoms with Crippen molar-refractivity contribution in [2.45, 2.75) is 19.3 Å². The first-order chi connectivity index (χ1) is 14.7. The topological polar surface area (TPSA) is 66.8 Å². The molecule has 2 aromatic heterocycles. The maximum absolute atomic E-state index is 12.0. The second-order valence-corrected chi connectivity index (χ2v) is 8.21. The van der Waals surface area contributed by atoms with Crippen molar-refractivity contribution in [1.82, 2.24) is 24.4 Å². The van der Waals surface area contributed by atoms with Crippen LogP contribution in [0.15, 0.2) is 65.8 Å². The first kappa shape index (κ1) is 18.8. The second kappa shape index (κ2) is 7.88. The van der Waals surface area contributed by atoms with Crippen LogP contribution in [0.1, 0.15) is 18.5 Å². The fraction of sp³-hybridized carbons (Fsp3) is 0.292. The Bertz CT molecular complexity index is 1230. The molecular formula is C24H25N5O. The number of fused-ring (bicyclic) bond motifs is 1. The molecule has 0 spiro atoms. The molecule has 1 aliphatic heterocycles. The molecule has 1 atom stereocenters. The Hall–Kier alpha value is -3.25. The van der Waals surface area contributed by atoms with Gasteiger partial charge in [-0.2, -0.15) is 0 Å². The van der Waals surface area contributed by atoms with E-state index in [1.54, 1.807) is 6.20 Å². The van der Waals surface area contributed by atoms with Gasteiger partial charge >= 0.3 is 5.69 Å². The van der Waals surface area contributed by atoms with E-state index in [4.69, 9.17) is 0 Å². The van der Waals surface area contributed by atoms with Crippen LogP contribution >= 0.6 is 0 Å². The minimum atomic E-state index is -0.285. The average Bonchev–Trinajstić information content (AvgIpc) is 3.18. The summed E-state index contributed by atoms with van der Waals surface area (Å²) in [6.07, 6.45) is 6.81. The van der Waals surface area contributed by atoms with Gasteiger partial charge in [0.1, 0.15) is 6.33 Å². The highest BCUT2D eigenvalue weighted by molar-refractivity contribution is 5.83. The smallest absolute Gasteiger partial charge is 0.309 e. The Labute approximate surface area is 175 Å². The van der Waals surface area contributed by atoms with Gasteiger partial charge in [-0.1, -0.05) is 24.3 Å². The van der Waals surface area contributed by atoms with Gasteiger partial charge in [-0.3, -0.25) is 4.57 Å². The molecule has 30 heavy (non-hydrogen) atoms. The van der Waals surface area contributed by atoms with E-state index in [-0.39, 0.29) is 5.69 Å². The van der Waals surface area contributed by atoms with Crippen LogP contribution in [0, 0.1) is 5.92 Å². The zero-order valence-electron chi connectivity index (χ0n) is 17.1. The van der Waals surface area contributed by atoms with Crippen LogP contribution in [-0.4, -0.2) is 44.6 Å². The Balaban J connectivity index is 1.51. The molecule has 0 amide bonds. The molecule has 152 valence electrons. The molecule has 4 aromatic rings. The van der Waals surface area contributed by atoms with Gasteiger partial charge in [0.2, 0.25) is 0 Å². The molecule has 1 saturated heterocycles. The van der Waals surface area contributed by atoms with Gasteiger partial charge in [-0.25, -0.2) is 14.8 Å². The molecule has 5 rings (SSSR count). The highest BCUT2D eigenvalue weighted by Crippen LogP contribution is 2.29. The van der Waals surface area contributed by atoms with Crippen LogP contribution in [0.25, 0.3) is 27.8 Å². The number of imidazole rings is 1. The van der Waals surface area contributed by atoms with Crippen LogP contribution < -0.4 is 5.69 Å². The van der Waals surface area contributed by atoms with Crippen molar-refractivity contribution in [3.63, 3.8) is 0 Å². The summed E-state index contributed by atoms with van der Waals surface area (Å²) in [7, 11) is 2.17. The zero-order valence-corrected chi connectivity index (χ0v) is 17.1. The third kappa shape index (κ3) is 3.66. The first-order valence-corrected chi connectivity index (χ1v) is 10.5. The normalized spacial score (nSPS) is 17.4. The van der Waals surface area contributed by atoms with Crippen molar-refractivity contribution in [3.8, 4) is 16.8 Å². The molecule has 2 aromatic carbocycles. The van der Waals surface area contributed by atoms with E-state index in [0.29, 0.717) is 5.92 Å². The van der Waals surface area contributed by atoms with Crippen LogP contribution in [0.3, 0.4) is 0 Å². The van der Waals surface area contributed by atoms with Crippen LogP contribution in [-0.2, 0) is 6.42 Å². The summed E-state index contributed by atoms with van der Waals surface area (Å²) in [6.45, 7) is 2.21. The molecule has 0 aliphatic carbocycles. The van der Waals surface area contributed by atoms with E-state index in [9.17, 15) is 4.79 Å². The number of H-pyrrole nitrogens is 1. The Kier molecular flexibility index (Phi) is 4.93. The number of likely N-dealkylation sites (tertiary alicyclic amines) is 1. The number of nitrogens with one attached hydrogen (secondary N) is 1. The summed E-state index contributed by atoms with van der Waals surface area (Å²) in [5.41, 5.74) is 5.76. The predicted molar refractivity (Wildman–Crippen MR) is 119 cm³/mol. The number of benzene rings is 2. The molecule has 3 heterocycles. The van der Waals surface area contributed by atoms with E-state index < -0.39 is 0 Å². The molecule has 0 saturated carbocycles. The monoisotopic (exact) mass is 399 g/mol. The van der Waals surface area contributed by atoms with Crippen molar-refractivity contribution >= 4 is 11.0 Å². The molecule has 1 aliphatic rings. The standard InChI is InChI=1S/C24H25N5O/c1-28-11-5-6-17(15-28)12-21-20(14-25-24(30)27-21)18-9-10-23-22(13-18)26-16-29(23)19-7-3-2-4-8-19/h2-4,7-10,13-14,16-17H,5-6,11-12,15H2,1H3,(H,25,27,30). The average molecular weight is 399 g/mol. The summed E-state index contributed by atoms with van der Waals surface area (Å²) in [4.78, 5) is 26.0. The van der Waals surface area contributed by atoms with Crippen molar-refractivity contribution in [3.05, 3.63) is 77.2 Å². The maximum atomic E-state index is 12.0. The largest absolute Gasteiger partial charge is 0.345 e. The fourth-order valence-corrected chi connectivity index (χ4v) is 4.54. The maximum Gasteiger partial charge on any atom is 0.345 e. The SMILES string of the molecule is CN1CCCC(Cc2[nH]c(=O)ncc2-c2ccc3c(c2)ncn3-c2ccccc2)C1. The number of aromatic amines is 1. The van der Waals surface area contributed by atoms with E-state index in [2.05, 4.69) is 61.8 Å². The van der Waals surface area contributed by atoms with Crippen molar-refractivity contribution in [2.75, 3.05) is 20.1 Å². The number of para-hydroxylation sites is 1. The molecule has 1 fully saturated rings. The van der Waals surface area contributed by atoms with Gasteiger partial charge in [-0.05, 0) is 68.6 Å². The second-order valence-electron chi connectivity index (χ2n) is 8.21. The van der Waals surface area contributed by atoms with Crippen molar-refractivity contribution < 1.29 is 0 Å². The van der Waals surface area contributed by atoms with Gasteiger partial charge in [0.05, 0.1) is 11.0 Å². The molecular weight excluding hydrogens is 374 g/mol. The van der Waals surface area contributed by atoms with Gasteiger partial charge in [0.25, 0.3) is 0 Å². The minimum absolute atomic E-state index is 0.285. The predicted octanol–water partition coefficient (Wildman–Crippen LogP) is 3.66. The van der Waals surface area contributed by atoms with Crippen molar-refractivity contribution in [1.29, 1.82) is 0 Å². The number of hydrogen-bond acceptors (Lipinski definition) is 4. The highest BCUT2D eigenvalue weighted by atomic mass is 16.1. The third-order valence-electron chi connectivity index (χ3n) is 6.00. The first-order valence-electron chi connectivity index (χ1n) is 10.5. The molecule has 6 heteroatoms. The Morgan fingerprint density at radius 3 is 2.83 bits per heavy atom. The van der Waals surface area contributed by atoms with Crippen LogP contribution in [0.4, 0.5) is 0 Å². The summed E-state index contributed by atoms with van der Waals surface area (Å²) >= 11 is 0. The number of piperidine rings is 1. The lowest BCUT2D eigenvalue weighted by atomic mass is 9.91. The number of aromatic nitrogens is 4. The molecule has 1 unspecified atom stereocenters. The lowest BCUT2D eigenvalue weighted by Gasteiger charge is -2.29. The lowest BCUT2D eigenvalue weighted by molar-refractivity contribution is 0.208. The quantitative estimate of drug-likeness (QED) is 0.569. The van der Waals surface area contributed by atoms with Gasteiger partial charge in [0.15, 0.2) is 0 Å². The van der Waals surface area contributed by atoms with Gasteiger partial charge in [-0.15, -0.1) is 0 Å². The summed E-state index contributed by atoms with van der Waals surface area (Å²) in [5.74, 6) is 0.543. The Morgan fingerprint density at radius 1 is 1.13 bits per heavy atom. The lowest BCUT2D eigenvalue weighted by Crippen LogP contribution is -2.33. The third-order valence-corrected chi connectivity index (χ3v) is 6.00. The van der Waals surface area contributed by atoms with Gasteiger partial charge < -0.3 is 9.88 Å². The number of hydrogen-bond donors (Lipinski definition) is 1.